The van der Waals surface area contributed by atoms with E-state index >= 15 is 0 Å². The van der Waals surface area contributed by atoms with Gasteiger partial charge < -0.3 is 10.1 Å². The molecular weight excluding hydrogens is 402 g/mol. The SMILES string of the molecule is CCOc1ccc(C(=O)C2CC(=O)Nc3c2c(C)nn3-c2ccc(C)c(Cl)c2)cc1. The Kier molecular flexibility index (Phi) is 5.35. The lowest BCUT2D eigenvalue weighted by Crippen LogP contribution is -2.28. The number of fused-ring (bicyclic) bond motifs is 1. The molecular formula is C23H22ClN3O3. The Hall–Kier alpha value is -3.12. The summed E-state index contributed by atoms with van der Waals surface area (Å²) in [5.74, 6) is 0.301. The smallest absolute Gasteiger partial charge is 0.226 e. The van der Waals surface area contributed by atoms with Crippen LogP contribution in [0.5, 0.6) is 5.75 Å². The number of anilines is 1. The van der Waals surface area contributed by atoms with Gasteiger partial charge in [-0.15, -0.1) is 0 Å². The number of nitrogens with zero attached hydrogens (tertiary/aromatic N) is 2. The fraction of sp³-hybridized carbons (Fsp3) is 0.261. The first-order valence-electron chi connectivity index (χ1n) is 9.82. The van der Waals surface area contributed by atoms with Gasteiger partial charge in [0.15, 0.2) is 5.78 Å². The van der Waals surface area contributed by atoms with Crippen LogP contribution in [-0.4, -0.2) is 28.1 Å². The molecule has 0 spiro atoms. The van der Waals surface area contributed by atoms with Crippen molar-refractivity contribution >= 4 is 29.1 Å². The molecule has 2 heterocycles. The van der Waals surface area contributed by atoms with Crippen LogP contribution < -0.4 is 10.1 Å². The molecule has 7 heteroatoms. The molecule has 0 saturated carbocycles. The van der Waals surface area contributed by atoms with Gasteiger partial charge in [0.25, 0.3) is 0 Å². The Morgan fingerprint density at radius 1 is 1.23 bits per heavy atom. The number of nitrogens with one attached hydrogen (secondary N) is 1. The maximum Gasteiger partial charge on any atom is 0.226 e. The van der Waals surface area contributed by atoms with Crippen LogP contribution in [-0.2, 0) is 4.79 Å². The van der Waals surface area contributed by atoms with Gasteiger partial charge in [0, 0.05) is 22.6 Å². The van der Waals surface area contributed by atoms with Crippen LogP contribution >= 0.6 is 11.6 Å². The van der Waals surface area contributed by atoms with Crippen LogP contribution in [0.25, 0.3) is 5.69 Å². The number of carbonyl (C=O) groups is 2. The second kappa shape index (κ2) is 7.95. The molecule has 3 aromatic rings. The molecule has 1 N–H and O–H groups in total. The molecule has 1 aromatic heterocycles. The van der Waals surface area contributed by atoms with Gasteiger partial charge in [0.1, 0.15) is 11.6 Å². The van der Waals surface area contributed by atoms with E-state index in [1.165, 1.54) is 0 Å². The Morgan fingerprint density at radius 2 is 1.97 bits per heavy atom. The summed E-state index contributed by atoms with van der Waals surface area (Å²) in [5, 5.41) is 8.10. The van der Waals surface area contributed by atoms with Crippen molar-refractivity contribution in [2.45, 2.75) is 33.1 Å². The van der Waals surface area contributed by atoms with Crippen LogP contribution in [0.15, 0.2) is 42.5 Å². The zero-order valence-electron chi connectivity index (χ0n) is 17.0. The third-order valence-electron chi connectivity index (χ3n) is 5.27. The van der Waals surface area contributed by atoms with E-state index in [1.54, 1.807) is 35.0 Å². The molecule has 30 heavy (non-hydrogen) atoms. The highest BCUT2D eigenvalue weighted by Gasteiger charge is 2.36. The third-order valence-corrected chi connectivity index (χ3v) is 5.68. The van der Waals surface area contributed by atoms with Crippen LogP contribution in [0.1, 0.15) is 46.4 Å². The first kappa shape index (κ1) is 20.2. The fourth-order valence-corrected chi connectivity index (χ4v) is 3.93. The van der Waals surface area contributed by atoms with E-state index in [0.29, 0.717) is 34.5 Å². The molecule has 0 bridgehead atoms. The number of carbonyl (C=O) groups excluding carboxylic acids is 2. The minimum Gasteiger partial charge on any atom is -0.494 e. The number of rotatable bonds is 5. The number of Topliss-reactive ketones (excluding diaryl/α,β-unsaturated/α-hetero) is 1. The summed E-state index contributed by atoms with van der Waals surface area (Å²) in [6.07, 6.45) is 0.0836. The first-order chi connectivity index (χ1) is 14.4. The van der Waals surface area contributed by atoms with Crippen molar-refractivity contribution in [3.05, 3.63) is 69.9 Å². The van der Waals surface area contributed by atoms with Gasteiger partial charge in [-0.2, -0.15) is 5.10 Å². The largest absolute Gasteiger partial charge is 0.494 e. The van der Waals surface area contributed by atoms with Crippen LogP contribution in [0.3, 0.4) is 0 Å². The van der Waals surface area contributed by atoms with Crippen molar-refractivity contribution in [3.8, 4) is 11.4 Å². The van der Waals surface area contributed by atoms with Crippen LogP contribution in [0.2, 0.25) is 5.02 Å². The number of ether oxygens (including phenoxy) is 1. The Bertz CT molecular complexity index is 1140. The van der Waals surface area contributed by atoms with E-state index in [1.807, 2.05) is 32.9 Å². The average molecular weight is 424 g/mol. The van der Waals surface area contributed by atoms with E-state index < -0.39 is 5.92 Å². The van der Waals surface area contributed by atoms with Gasteiger partial charge in [0.05, 0.1) is 23.9 Å². The summed E-state index contributed by atoms with van der Waals surface area (Å²) >= 11 is 6.28. The molecule has 0 fully saturated rings. The van der Waals surface area contributed by atoms with E-state index in [4.69, 9.17) is 16.3 Å². The molecule has 154 valence electrons. The van der Waals surface area contributed by atoms with E-state index in [9.17, 15) is 9.59 Å². The highest BCUT2D eigenvalue weighted by molar-refractivity contribution is 6.31. The number of hydrogen-bond donors (Lipinski definition) is 1. The van der Waals surface area contributed by atoms with Gasteiger partial charge in [-0.25, -0.2) is 4.68 Å². The standard InChI is InChI=1S/C23H22ClN3O3/c1-4-30-17-9-6-15(7-10-17)22(29)18-12-20(28)25-23-21(18)14(3)26-27(23)16-8-5-13(2)19(24)11-16/h5-11,18H,4,12H2,1-3H3,(H,25,28). The Balaban J connectivity index is 1.75. The maximum absolute atomic E-state index is 13.3. The zero-order chi connectivity index (χ0) is 21.4. The molecule has 1 atom stereocenters. The highest BCUT2D eigenvalue weighted by atomic mass is 35.5. The number of ketones is 1. The van der Waals surface area contributed by atoms with Crippen LogP contribution in [0.4, 0.5) is 5.82 Å². The quantitative estimate of drug-likeness (QED) is 0.595. The molecule has 4 rings (SSSR count). The Labute approximate surface area is 179 Å². The molecule has 1 aliphatic heterocycles. The van der Waals surface area contributed by atoms with E-state index in [-0.39, 0.29) is 18.1 Å². The monoisotopic (exact) mass is 423 g/mol. The van der Waals surface area contributed by atoms with Crippen LogP contribution in [0, 0.1) is 13.8 Å². The predicted octanol–water partition coefficient (Wildman–Crippen LogP) is 4.85. The number of aromatic nitrogens is 2. The molecule has 1 amide bonds. The number of amides is 1. The average Bonchev–Trinajstić information content (AvgIpc) is 3.06. The summed E-state index contributed by atoms with van der Waals surface area (Å²) in [7, 11) is 0. The van der Waals surface area contributed by atoms with Gasteiger partial charge in [-0.3, -0.25) is 9.59 Å². The van der Waals surface area contributed by atoms with Gasteiger partial charge in [-0.1, -0.05) is 17.7 Å². The molecule has 6 nitrogen and oxygen atoms in total. The van der Waals surface area contributed by atoms with E-state index in [2.05, 4.69) is 10.4 Å². The summed E-state index contributed by atoms with van der Waals surface area (Å²) in [6.45, 7) is 6.23. The first-order valence-corrected chi connectivity index (χ1v) is 10.2. The van der Waals surface area contributed by atoms with Crippen molar-refractivity contribution in [1.82, 2.24) is 9.78 Å². The van der Waals surface area contributed by atoms with Gasteiger partial charge in [-0.05, 0) is 62.7 Å². The summed E-state index contributed by atoms with van der Waals surface area (Å²) in [5.41, 5.74) is 3.65. The normalized spacial score (nSPS) is 15.5. The maximum atomic E-state index is 13.3. The second-order valence-electron chi connectivity index (χ2n) is 7.32. The lowest BCUT2D eigenvalue weighted by Gasteiger charge is -2.23. The van der Waals surface area contributed by atoms with Crippen molar-refractivity contribution < 1.29 is 14.3 Å². The van der Waals surface area contributed by atoms with Crippen molar-refractivity contribution in [2.24, 2.45) is 0 Å². The second-order valence-corrected chi connectivity index (χ2v) is 7.73. The van der Waals surface area contributed by atoms with Crippen molar-refractivity contribution in [2.75, 3.05) is 11.9 Å². The van der Waals surface area contributed by atoms with Gasteiger partial charge in [0.2, 0.25) is 5.91 Å². The summed E-state index contributed by atoms with van der Waals surface area (Å²) in [6, 6.07) is 12.6. The number of hydrogen-bond acceptors (Lipinski definition) is 4. The molecule has 0 radical (unpaired) electrons. The molecule has 2 aromatic carbocycles. The number of aryl methyl sites for hydroxylation is 2. The van der Waals surface area contributed by atoms with E-state index in [0.717, 1.165) is 16.8 Å². The molecule has 1 unspecified atom stereocenters. The molecule has 1 aliphatic rings. The van der Waals surface area contributed by atoms with Gasteiger partial charge >= 0.3 is 0 Å². The summed E-state index contributed by atoms with van der Waals surface area (Å²) in [4.78, 5) is 25.8. The third kappa shape index (κ3) is 3.59. The Morgan fingerprint density at radius 3 is 2.63 bits per heavy atom. The minimum atomic E-state index is -0.596. The fourth-order valence-electron chi connectivity index (χ4n) is 3.75. The predicted molar refractivity (Wildman–Crippen MR) is 116 cm³/mol. The summed E-state index contributed by atoms with van der Waals surface area (Å²) < 4.78 is 7.09. The topological polar surface area (TPSA) is 73.2 Å². The zero-order valence-corrected chi connectivity index (χ0v) is 17.8. The van der Waals surface area contributed by atoms with Crippen molar-refractivity contribution in [1.29, 1.82) is 0 Å². The van der Waals surface area contributed by atoms with Crippen molar-refractivity contribution in [3.63, 3.8) is 0 Å². The number of benzene rings is 2. The lowest BCUT2D eigenvalue weighted by molar-refractivity contribution is -0.116. The number of halogens is 1. The minimum absolute atomic E-state index is 0.0836. The lowest BCUT2D eigenvalue weighted by atomic mass is 9.85. The molecule has 0 aliphatic carbocycles. The molecule has 0 saturated heterocycles. The highest BCUT2D eigenvalue weighted by Crippen LogP contribution is 2.38.